The van der Waals surface area contributed by atoms with E-state index in [1.54, 1.807) is 7.11 Å². The number of aromatic nitrogens is 2. The Balaban J connectivity index is 2.31. The normalized spacial score (nSPS) is 10.2. The van der Waals surface area contributed by atoms with E-state index in [9.17, 15) is 4.79 Å². The minimum absolute atomic E-state index is 0.188. The van der Waals surface area contributed by atoms with E-state index in [4.69, 9.17) is 17.0 Å². The van der Waals surface area contributed by atoms with Gasteiger partial charge in [-0.05, 0) is 29.9 Å². The molecule has 0 amide bonds. The summed E-state index contributed by atoms with van der Waals surface area (Å²) in [5.41, 5.74) is 1.65. The zero-order valence-corrected chi connectivity index (χ0v) is 10.1. The van der Waals surface area contributed by atoms with Crippen molar-refractivity contribution in [1.29, 1.82) is 0 Å². The summed E-state index contributed by atoms with van der Waals surface area (Å²) in [6, 6.07) is 9.20. The molecule has 0 aliphatic heterocycles. The largest absolute Gasteiger partial charge is 0.497 e. The van der Waals surface area contributed by atoms with Crippen LogP contribution in [0.5, 0.6) is 5.75 Å². The Bertz CT molecular complexity index is 602. The molecule has 1 heterocycles. The summed E-state index contributed by atoms with van der Waals surface area (Å²) in [4.78, 5) is 16.7. The van der Waals surface area contributed by atoms with Crippen molar-refractivity contribution in [2.24, 2.45) is 0 Å². The highest BCUT2D eigenvalue weighted by molar-refractivity contribution is 7.71. The summed E-state index contributed by atoms with van der Waals surface area (Å²) in [6.45, 7) is 0. The Morgan fingerprint density at radius 2 is 2.12 bits per heavy atom. The molecule has 0 atom stereocenters. The number of H-pyrrole nitrogens is 2. The monoisotopic (exact) mass is 248 g/mol. The number of nitrogens with one attached hydrogen (secondary N) is 2. The molecule has 1 aromatic carbocycles. The molecule has 88 valence electrons. The molecule has 0 radical (unpaired) electrons. The number of aromatic amines is 2. The lowest BCUT2D eigenvalue weighted by Crippen LogP contribution is -2.08. The van der Waals surface area contributed by atoms with Crippen molar-refractivity contribution >= 4 is 12.2 Å². The minimum Gasteiger partial charge on any atom is -0.497 e. The van der Waals surface area contributed by atoms with Gasteiger partial charge in [0.2, 0.25) is 0 Å². The molecule has 17 heavy (non-hydrogen) atoms. The van der Waals surface area contributed by atoms with Gasteiger partial charge in [-0.3, -0.25) is 9.78 Å². The fourth-order valence-electron chi connectivity index (χ4n) is 1.62. The zero-order chi connectivity index (χ0) is 12.3. The number of rotatable bonds is 3. The average Bonchev–Trinajstić information content (AvgIpc) is 2.28. The van der Waals surface area contributed by atoms with Crippen molar-refractivity contribution in [3.63, 3.8) is 0 Å². The van der Waals surface area contributed by atoms with E-state index >= 15 is 0 Å². The van der Waals surface area contributed by atoms with E-state index in [2.05, 4.69) is 9.97 Å². The summed E-state index contributed by atoms with van der Waals surface area (Å²) in [6.07, 6.45) is 0.616. The van der Waals surface area contributed by atoms with Gasteiger partial charge in [0.25, 0.3) is 5.56 Å². The van der Waals surface area contributed by atoms with Crippen molar-refractivity contribution in [2.75, 3.05) is 7.11 Å². The van der Waals surface area contributed by atoms with Gasteiger partial charge in [-0.25, -0.2) is 0 Å². The molecule has 0 aliphatic carbocycles. The number of benzene rings is 1. The third-order valence-corrected chi connectivity index (χ3v) is 2.55. The lowest BCUT2D eigenvalue weighted by Gasteiger charge is -2.04. The van der Waals surface area contributed by atoms with Crippen LogP contribution in [-0.2, 0) is 6.42 Å². The molecular formula is C12H12N2O2S. The van der Waals surface area contributed by atoms with Gasteiger partial charge in [0.05, 0.1) is 7.11 Å². The van der Waals surface area contributed by atoms with Crippen LogP contribution in [0.15, 0.2) is 35.1 Å². The summed E-state index contributed by atoms with van der Waals surface area (Å²) in [7, 11) is 1.62. The van der Waals surface area contributed by atoms with Crippen LogP contribution < -0.4 is 10.3 Å². The van der Waals surface area contributed by atoms with Crippen LogP contribution in [-0.4, -0.2) is 17.1 Å². The van der Waals surface area contributed by atoms with Crippen LogP contribution in [0.25, 0.3) is 0 Å². The maximum Gasteiger partial charge on any atom is 0.251 e. The molecule has 0 spiro atoms. The van der Waals surface area contributed by atoms with E-state index < -0.39 is 0 Å². The van der Waals surface area contributed by atoms with Crippen molar-refractivity contribution in [2.45, 2.75) is 6.42 Å². The van der Waals surface area contributed by atoms with Crippen LogP contribution in [0.3, 0.4) is 0 Å². The maximum absolute atomic E-state index is 11.3. The number of hydrogen-bond acceptors (Lipinski definition) is 3. The standard InChI is InChI=1S/C12H12N2O2S/c1-16-10-4-2-3-8(6-10)5-9-7-11(15)14-12(17)13-9/h2-4,6-7H,5H2,1H3,(H2,13,14,15,17). The number of methoxy groups -OCH3 is 1. The van der Waals surface area contributed by atoms with Crippen molar-refractivity contribution in [3.05, 3.63) is 56.7 Å². The highest BCUT2D eigenvalue weighted by Crippen LogP contribution is 2.14. The van der Waals surface area contributed by atoms with Crippen LogP contribution in [0.4, 0.5) is 0 Å². The fourth-order valence-corrected chi connectivity index (χ4v) is 1.85. The van der Waals surface area contributed by atoms with E-state index in [0.717, 1.165) is 17.0 Å². The summed E-state index contributed by atoms with van der Waals surface area (Å²) < 4.78 is 5.48. The molecule has 0 bridgehead atoms. The minimum atomic E-state index is -0.188. The van der Waals surface area contributed by atoms with Crippen LogP contribution >= 0.6 is 12.2 Å². The Hall–Kier alpha value is -1.88. The topological polar surface area (TPSA) is 57.9 Å². The van der Waals surface area contributed by atoms with Gasteiger partial charge in [0.1, 0.15) is 5.75 Å². The van der Waals surface area contributed by atoms with Crippen LogP contribution in [0.2, 0.25) is 0 Å². The second-order valence-corrected chi connectivity index (χ2v) is 4.05. The molecule has 2 aromatic rings. The molecule has 0 saturated heterocycles. The van der Waals surface area contributed by atoms with Crippen LogP contribution in [0, 0.1) is 4.77 Å². The molecule has 0 unspecified atom stereocenters. The highest BCUT2D eigenvalue weighted by atomic mass is 32.1. The second-order valence-electron chi connectivity index (χ2n) is 3.64. The van der Waals surface area contributed by atoms with Gasteiger partial charge < -0.3 is 9.72 Å². The molecule has 2 rings (SSSR count). The molecule has 4 nitrogen and oxygen atoms in total. The first kappa shape index (κ1) is 11.6. The Kier molecular flexibility index (Phi) is 3.39. The van der Waals surface area contributed by atoms with E-state index in [-0.39, 0.29) is 5.56 Å². The first-order valence-electron chi connectivity index (χ1n) is 5.13. The van der Waals surface area contributed by atoms with Gasteiger partial charge in [-0.2, -0.15) is 0 Å². The number of ether oxygens (including phenoxy) is 1. The van der Waals surface area contributed by atoms with Crippen molar-refractivity contribution in [3.8, 4) is 5.75 Å². The first-order chi connectivity index (χ1) is 8.17. The molecule has 1 aromatic heterocycles. The molecule has 5 heteroatoms. The van der Waals surface area contributed by atoms with Crippen molar-refractivity contribution < 1.29 is 4.74 Å². The Labute approximate surface area is 103 Å². The average molecular weight is 248 g/mol. The van der Waals surface area contributed by atoms with E-state index in [0.29, 0.717) is 11.2 Å². The zero-order valence-electron chi connectivity index (χ0n) is 9.32. The summed E-state index contributed by atoms with van der Waals surface area (Å²) >= 11 is 4.92. The van der Waals surface area contributed by atoms with Gasteiger partial charge in [0.15, 0.2) is 4.77 Å². The van der Waals surface area contributed by atoms with Gasteiger partial charge in [-0.1, -0.05) is 12.1 Å². The second kappa shape index (κ2) is 4.97. The number of hydrogen-bond donors (Lipinski definition) is 2. The van der Waals surface area contributed by atoms with Gasteiger partial charge in [0, 0.05) is 18.2 Å². The lowest BCUT2D eigenvalue weighted by molar-refractivity contribution is 0.414. The SMILES string of the molecule is COc1cccc(Cc2cc(=O)[nH]c(=S)[nH]2)c1. The predicted octanol–water partition coefficient (Wildman–Crippen LogP) is 2.03. The fraction of sp³-hybridized carbons (Fsp3) is 0.167. The molecular weight excluding hydrogens is 236 g/mol. The molecule has 0 aliphatic rings. The predicted molar refractivity (Wildman–Crippen MR) is 68.0 cm³/mol. The van der Waals surface area contributed by atoms with Gasteiger partial charge >= 0.3 is 0 Å². The first-order valence-corrected chi connectivity index (χ1v) is 5.53. The van der Waals surface area contributed by atoms with E-state index in [1.165, 1.54) is 6.07 Å². The molecule has 0 fully saturated rings. The quantitative estimate of drug-likeness (QED) is 0.817. The van der Waals surface area contributed by atoms with Gasteiger partial charge in [-0.15, -0.1) is 0 Å². The van der Waals surface area contributed by atoms with Crippen LogP contribution in [0.1, 0.15) is 11.3 Å². The maximum atomic E-state index is 11.3. The van der Waals surface area contributed by atoms with Crippen molar-refractivity contribution in [1.82, 2.24) is 9.97 Å². The Morgan fingerprint density at radius 3 is 2.82 bits per heavy atom. The summed E-state index contributed by atoms with van der Waals surface area (Å²) in [5, 5.41) is 0. The molecule has 0 saturated carbocycles. The lowest BCUT2D eigenvalue weighted by atomic mass is 10.1. The molecule has 2 N–H and O–H groups in total. The highest BCUT2D eigenvalue weighted by Gasteiger charge is 2.00. The Morgan fingerprint density at radius 1 is 1.29 bits per heavy atom. The van der Waals surface area contributed by atoms with E-state index in [1.807, 2.05) is 24.3 Å². The third kappa shape index (κ3) is 3.04. The summed E-state index contributed by atoms with van der Waals surface area (Å²) in [5.74, 6) is 0.797. The third-order valence-electron chi connectivity index (χ3n) is 2.34. The smallest absolute Gasteiger partial charge is 0.251 e.